The summed E-state index contributed by atoms with van der Waals surface area (Å²) in [7, 11) is 1.61. The van der Waals surface area contributed by atoms with Crippen molar-refractivity contribution in [1.82, 2.24) is 4.90 Å². The van der Waals surface area contributed by atoms with Gasteiger partial charge in [-0.15, -0.1) is 0 Å². The number of carbonyl (C=O) groups is 1. The first kappa shape index (κ1) is 24.7. The number of rotatable bonds is 7. The SMILES string of the molecule is CCOc1cc(/C=C2\SC(=Nc3ccc(N4CCCCC4)cc3)N(CC)C2=O)c(Br)cc1OC. The lowest BCUT2D eigenvalue weighted by atomic mass is 10.1. The maximum Gasteiger partial charge on any atom is 0.266 e. The minimum Gasteiger partial charge on any atom is -0.493 e. The zero-order valence-electron chi connectivity index (χ0n) is 19.8. The lowest BCUT2D eigenvalue weighted by molar-refractivity contribution is -0.122. The number of anilines is 1. The summed E-state index contributed by atoms with van der Waals surface area (Å²) in [5.41, 5.74) is 2.93. The van der Waals surface area contributed by atoms with Crippen LogP contribution in [-0.4, -0.2) is 49.3 Å². The van der Waals surface area contributed by atoms with Crippen LogP contribution in [0.4, 0.5) is 11.4 Å². The third kappa shape index (κ3) is 5.44. The Labute approximate surface area is 214 Å². The van der Waals surface area contributed by atoms with Crippen LogP contribution in [0.2, 0.25) is 0 Å². The number of aliphatic imine (C=N–C) groups is 1. The molecule has 0 N–H and O–H groups in total. The number of amides is 1. The van der Waals surface area contributed by atoms with E-state index in [9.17, 15) is 4.79 Å². The minimum atomic E-state index is -0.0446. The predicted molar refractivity (Wildman–Crippen MR) is 144 cm³/mol. The van der Waals surface area contributed by atoms with Gasteiger partial charge in [0.25, 0.3) is 5.91 Å². The molecule has 0 aliphatic carbocycles. The van der Waals surface area contributed by atoms with Gasteiger partial charge in [0.05, 0.1) is 24.3 Å². The Morgan fingerprint density at radius 3 is 2.47 bits per heavy atom. The molecule has 2 aromatic rings. The zero-order valence-corrected chi connectivity index (χ0v) is 22.2. The van der Waals surface area contributed by atoms with Crippen molar-refractivity contribution >= 4 is 56.2 Å². The largest absolute Gasteiger partial charge is 0.493 e. The number of hydrogen-bond acceptors (Lipinski definition) is 6. The van der Waals surface area contributed by atoms with Crippen molar-refractivity contribution < 1.29 is 14.3 Å². The van der Waals surface area contributed by atoms with Gasteiger partial charge in [-0.2, -0.15) is 0 Å². The van der Waals surface area contributed by atoms with Crippen LogP contribution in [0.15, 0.2) is 50.8 Å². The van der Waals surface area contributed by atoms with Crippen molar-refractivity contribution in [2.75, 3.05) is 38.3 Å². The van der Waals surface area contributed by atoms with Crippen molar-refractivity contribution in [1.29, 1.82) is 0 Å². The van der Waals surface area contributed by atoms with Gasteiger partial charge in [0.2, 0.25) is 0 Å². The molecule has 1 amide bonds. The van der Waals surface area contributed by atoms with Gasteiger partial charge in [0.1, 0.15) is 0 Å². The molecule has 8 heteroatoms. The van der Waals surface area contributed by atoms with Gasteiger partial charge >= 0.3 is 0 Å². The Kier molecular flexibility index (Phi) is 8.21. The number of thioether (sulfide) groups is 1. The third-order valence-corrected chi connectivity index (χ3v) is 7.56. The second-order valence-corrected chi connectivity index (χ2v) is 9.94. The summed E-state index contributed by atoms with van der Waals surface area (Å²) in [6.45, 7) is 7.20. The normalized spacial score (nSPS) is 18.8. The molecule has 180 valence electrons. The molecular formula is C26H30BrN3O3S. The first-order valence-electron chi connectivity index (χ1n) is 11.7. The molecule has 0 radical (unpaired) electrons. The number of piperidine rings is 1. The van der Waals surface area contributed by atoms with Gasteiger partial charge in [-0.1, -0.05) is 15.9 Å². The molecule has 0 saturated carbocycles. The summed E-state index contributed by atoms with van der Waals surface area (Å²) in [6.07, 6.45) is 5.69. The number of ether oxygens (including phenoxy) is 2. The zero-order chi connectivity index (χ0) is 24.1. The molecule has 6 nitrogen and oxygen atoms in total. The number of hydrogen-bond donors (Lipinski definition) is 0. The molecule has 0 atom stereocenters. The molecule has 0 spiro atoms. The van der Waals surface area contributed by atoms with Crippen molar-refractivity contribution in [2.24, 2.45) is 4.99 Å². The molecular weight excluding hydrogens is 514 g/mol. The van der Waals surface area contributed by atoms with Crippen LogP contribution in [-0.2, 0) is 4.79 Å². The molecule has 0 unspecified atom stereocenters. The number of benzene rings is 2. The van der Waals surface area contributed by atoms with E-state index in [1.807, 2.05) is 44.2 Å². The van der Waals surface area contributed by atoms with Crippen molar-refractivity contribution in [2.45, 2.75) is 33.1 Å². The fourth-order valence-corrected chi connectivity index (χ4v) is 5.59. The summed E-state index contributed by atoms with van der Waals surface area (Å²) in [6, 6.07) is 12.1. The number of nitrogens with zero attached hydrogens (tertiary/aromatic N) is 3. The average molecular weight is 545 g/mol. The van der Waals surface area contributed by atoms with Crippen LogP contribution in [0.1, 0.15) is 38.7 Å². The summed E-state index contributed by atoms with van der Waals surface area (Å²) in [4.78, 5) is 22.7. The molecule has 0 aromatic heterocycles. The van der Waals surface area contributed by atoms with E-state index in [4.69, 9.17) is 14.5 Å². The van der Waals surface area contributed by atoms with E-state index in [2.05, 4.69) is 33.0 Å². The lowest BCUT2D eigenvalue weighted by Crippen LogP contribution is -2.29. The molecule has 2 aliphatic heterocycles. The van der Waals surface area contributed by atoms with Gasteiger partial charge in [-0.25, -0.2) is 4.99 Å². The number of amidine groups is 1. The second kappa shape index (κ2) is 11.3. The summed E-state index contributed by atoms with van der Waals surface area (Å²) < 4.78 is 11.9. The molecule has 2 saturated heterocycles. The molecule has 0 bridgehead atoms. The van der Waals surface area contributed by atoms with Gasteiger partial charge < -0.3 is 14.4 Å². The van der Waals surface area contributed by atoms with Crippen LogP contribution in [0, 0.1) is 0 Å². The number of halogens is 1. The lowest BCUT2D eigenvalue weighted by Gasteiger charge is -2.28. The Bertz CT molecular complexity index is 1100. The van der Waals surface area contributed by atoms with E-state index in [-0.39, 0.29) is 5.91 Å². The van der Waals surface area contributed by atoms with Gasteiger partial charge in [0.15, 0.2) is 16.7 Å². The smallest absolute Gasteiger partial charge is 0.266 e. The highest BCUT2D eigenvalue weighted by Gasteiger charge is 2.32. The van der Waals surface area contributed by atoms with E-state index in [1.54, 1.807) is 12.0 Å². The van der Waals surface area contributed by atoms with Crippen molar-refractivity contribution in [3.8, 4) is 11.5 Å². The summed E-state index contributed by atoms with van der Waals surface area (Å²) in [5, 5.41) is 0.694. The highest BCUT2D eigenvalue weighted by atomic mass is 79.9. The molecule has 34 heavy (non-hydrogen) atoms. The van der Waals surface area contributed by atoms with Crippen LogP contribution >= 0.6 is 27.7 Å². The third-order valence-electron chi connectivity index (χ3n) is 5.87. The van der Waals surface area contributed by atoms with Crippen LogP contribution < -0.4 is 14.4 Å². The molecule has 2 aliphatic rings. The first-order valence-corrected chi connectivity index (χ1v) is 13.3. The van der Waals surface area contributed by atoms with E-state index in [0.717, 1.165) is 28.8 Å². The van der Waals surface area contributed by atoms with E-state index in [1.165, 1.54) is 36.7 Å². The molecule has 2 aromatic carbocycles. The van der Waals surface area contributed by atoms with Crippen LogP contribution in [0.3, 0.4) is 0 Å². The summed E-state index contributed by atoms with van der Waals surface area (Å²) in [5.74, 6) is 1.24. The fraction of sp³-hybridized carbons (Fsp3) is 0.385. The number of carbonyl (C=O) groups excluding carboxylic acids is 1. The van der Waals surface area contributed by atoms with Gasteiger partial charge in [-0.3, -0.25) is 9.69 Å². The highest BCUT2D eigenvalue weighted by molar-refractivity contribution is 9.10. The Morgan fingerprint density at radius 2 is 1.82 bits per heavy atom. The van der Waals surface area contributed by atoms with Gasteiger partial charge in [0, 0.05) is 29.8 Å². The number of methoxy groups -OCH3 is 1. The quantitative estimate of drug-likeness (QED) is 0.374. The topological polar surface area (TPSA) is 54.4 Å². The van der Waals surface area contributed by atoms with Crippen molar-refractivity contribution in [3.63, 3.8) is 0 Å². The van der Waals surface area contributed by atoms with E-state index >= 15 is 0 Å². The fourth-order valence-electron chi connectivity index (χ4n) is 4.10. The maximum atomic E-state index is 13.1. The highest BCUT2D eigenvalue weighted by Crippen LogP contribution is 2.38. The van der Waals surface area contributed by atoms with Crippen molar-refractivity contribution in [3.05, 3.63) is 51.3 Å². The van der Waals surface area contributed by atoms with Crippen LogP contribution in [0.5, 0.6) is 11.5 Å². The van der Waals surface area contributed by atoms with E-state index < -0.39 is 0 Å². The standard InChI is InChI=1S/C26H30BrN3O3S/c1-4-30-25(31)24(16-18-15-23(33-5-2)22(32-3)17-21(18)27)34-26(30)28-19-9-11-20(12-10-19)29-13-7-6-8-14-29/h9-12,15-17H,4-8,13-14H2,1-3H3/b24-16-,28-26?. The molecule has 2 fully saturated rings. The second-order valence-electron chi connectivity index (χ2n) is 8.08. The molecule has 4 rings (SSSR count). The average Bonchev–Trinajstić information content (AvgIpc) is 3.15. The van der Waals surface area contributed by atoms with Crippen LogP contribution in [0.25, 0.3) is 6.08 Å². The molecule has 2 heterocycles. The minimum absolute atomic E-state index is 0.0446. The Morgan fingerprint density at radius 1 is 1.09 bits per heavy atom. The number of likely N-dealkylation sites (N-methyl/N-ethyl adjacent to an activating group) is 1. The Hall–Kier alpha value is -2.45. The maximum absolute atomic E-state index is 13.1. The summed E-state index contributed by atoms with van der Waals surface area (Å²) >= 11 is 4.99. The monoisotopic (exact) mass is 543 g/mol. The first-order chi connectivity index (χ1) is 16.5. The predicted octanol–water partition coefficient (Wildman–Crippen LogP) is 6.47. The van der Waals surface area contributed by atoms with Gasteiger partial charge in [-0.05, 0) is 92.9 Å². The van der Waals surface area contributed by atoms with E-state index in [0.29, 0.717) is 34.7 Å². The Balaban J connectivity index is 1.58.